The standard InChI is InChI=1S/C18H20ClF3N4OS/c1-2-26-16(11-5-3-4-6-11)24-25-17(26)28-10-15(27)23-14-9-12(18(20,21)22)7-8-13(14)19/h7-9,11H,2-6,10H2,1H3,(H,23,27). The first-order chi connectivity index (χ1) is 13.3. The highest BCUT2D eigenvalue weighted by atomic mass is 35.5. The molecule has 2 aromatic rings. The number of hydrogen-bond donors (Lipinski definition) is 1. The minimum Gasteiger partial charge on any atom is -0.324 e. The smallest absolute Gasteiger partial charge is 0.324 e. The molecule has 0 aliphatic heterocycles. The minimum atomic E-state index is -4.51. The van der Waals surface area contributed by atoms with Gasteiger partial charge in [-0.25, -0.2) is 0 Å². The summed E-state index contributed by atoms with van der Waals surface area (Å²) in [5, 5.41) is 11.6. The predicted octanol–water partition coefficient (Wildman–Crippen LogP) is 5.36. The minimum absolute atomic E-state index is 0.00459. The van der Waals surface area contributed by atoms with Crippen LogP contribution in [0.3, 0.4) is 0 Å². The summed E-state index contributed by atoms with van der Waals surface area (Å²) in [6, 6.07) is 2.83. The first kappa shape index (κ1) is 21.0. The van der Waals surface area contributed by atoms with Gasteiger partial charge in [0.05, 0.1) is 22.0 Å². The van der Waals surface area contributed by atoms with Gasteiger partial charge in [-0.1, -0.05) is 36.2 Å². The van der Waals surface area contributed by atoms with Crippen LogP contribution in [0.25, 0.3) is 0 Å². The first-order valence-electron chi connectivity index (χ1n) is 9.02. The van der Waals surface area contributed by atoms with Gasteiger partial charge in [0.1, 0.15) is 5.82 Å². The Morgan fingerprint density at radius 2 is 2.04 bits per heavy atom. The average Bonchev–Trinajstić information content (AvgIpc) is 3.29. The predicted molar refractivity (Wildman–Crippen MR) is 103 cm³/mol. The number of aromatic nitrogens is 3. The summed E-state index contributed by atoms with van der Waals surface area (Å²) in [5.74, 6) is 0.887. The summed E-state index contributed by atoms with van der Waals surface area (Å²) in [6.45, 7) is 2.69. The summed E-state index contributed by atoms with van der Waals surface area (Å²) >= 11 is 7.12. The van der Waals surface area contributed by atoms with Gasteiger partial charge in [0.25, 0.3) is 0 Å². The Morgan fingerprint density at radius 3 is 2.68 bits per heavy atom. The van der Waals surface area contributed by atoms with E-state index >= 15 is 0 Å². The van der Waals surface area contributed by atoms with Crippen molar-refractivity contribution < 1.29 is 18.0 Å². The van der Waals surface area contributed by atoms with Crippen LogP contribution in [0.1, 0.15) is 49.9 Å². The highest BCUT2D eigenvalue weighted by Gasteiger charge is 2.31. The molecule has 0 radical (unpaired) electrons. The molecule has 1 N–H and O–H groups in total. The fourth-order valence-electron chi connectivity index (χ4n) is 3.30. The highest BCUT2D eigenvalue weighted by molar-refractivity contribution is 7.99. The van der Waals surface area contributed by atoms with E-state index in [1.165, 1.54) is 24.6 Å². The van der Waals surface area contributed by atoms with E-state index in [-0.39, 0.29) is 16.5 Å². The molecule has 1 aliphatic rings. The highest BCUT2D eigenvalue weighted by Crippen LogP contribution is 2.35. The molecular weight excluding hydrogens is 413 g/mol. The molecule has 1 fully saturated rings. The Kier molecular flexibility index (Phi) is 6.54. The van der Waals surface area contributed by atoms with Crippen LogP contribution < -0.4 is 5.32 Å². The van der Waals surface area contributed by atoms with Gasteiger partial charge in [-0.2, -0.15) is 13.2 Å². The maximum atomic E-state index is 12.8. The first-order valence-corrected chi connectivity index (χ1v) is 10.4. The molecule has 1 aromatic heterocycles. The van der Waals surface area contributed by atoms with Crippen LogP contribution in [-0.4, -0.2) is 26.4 Å². The van der Waals surface area contributed by atoms with Gasteiger partial charge in [0.15, 0.2) is 5.16 Å². The lowest BCUT2D eigenvalue weighted by Gasteiger charge is -2.12. The molecule has 0 spiro atoms. The largest absolute Gasteiger partial charge is 0.416 e. The number of hydrogen-bond acceptors (Lipinski definition) is 4. The number of benzene rings is 1. The van der Waals surface area contributed by atoms with Gasteiger partial charge in [0, 0.05) is 12.5 Å². The van der Waals surface area contributed by atoms with Crippen molar-refractivity contribution in [3.05, 3.63) is 34.6 Å². The van der Waals surface area contributed by atoms with Gasteiger partial charge < -0.3 is 9.88 Å². The molecule has 152 valence electrons. The molecule has 10 heteroatoms. The number of carbonyl (C=O) groups is 1. The quantitative estimate of drug-likeness (QED) is 0.624. The number of alkyl halides is 3. The number of thioether (sulfide) groups is 1. The Bertz CT molecular complexity index is 850. The second-order valence-electron chi connectivity index (χ2n) is 6.60. The van der Waals surface area contributed by atoms with Crippen molar-refractivity contribution in [1.82, 2.24) is 14.8 Å². The second-order valence-corrected chi connectivity index (χ2v) is 7.95. The van der Waals surface area contributed by atoms with Crippen LogP contribution in [0.2, 0.25) is 5.02 Å². The van der Waals surface area contributed by atoms with Crippen molar-refractivity contribution in [3.63, 3.8) is 0 Å². The van der Waals surface area contributed by atoms with Crippen molar-refractivity contribution in [2.45, 2.75) is 56.4 Å². The Labute approximate surface area is 170 Å². The summed E-state index contributed by atoms with van der Waals surface area (Å²) in [7, 11) is 0. The van der Waals surface area contributed by atoms with E-state index in [1.807, 2.05) is 11.5 Å². The third-order valence-corrected chi connectivity index (χ3v) is 5.98. The average molecular weight is 433 g/mol. The zero-order valence-electron chi connectivity index (χ0n) is 15.2. The molecule has 0 saturated heterocycles. The van der Waals surface area contributed by atoms with Crippen LogP contribution in [0.5, 0.6) is 0 Å². The van der Waals surface area contributed by atoms with Crippen LogP contribution in [0.4, 0.5) is 18.9 Å². The van der Waals surface area contributed by atoms with Crippen LogP contribution in [0.15, 0.2) is 23.4 Å². The van der Waals surface area contributed by atoms with E-state index in [4.69, 9.17) is 11.6 Å². The topological polar surface area (TPSA) is 59.8 Å². The number of nitrogens with zero attached hydrogens (tertiary/aromatic N) is 3. The summed E-state index contributed by atoms with van der Waals surface area (Å²) in [4.78, 5) is 12.2. The molecule has 1 heterocycles. The van der Waals surface area contributed by atoms with E-state index in [9.17, 15) is 18.0 Å². The third-order valence-electron chi connectivity index (χ3n) is 4.68. The van der Waals surface area contributed by atoms with Crippen molar-refractivity contribution >= 4 is 35.0 Å². The van der Waals surface area contributed by atoms with Gasteiger partial charge in [-0.3, -0.25) is 4.79 Å². The SMILES string of the molecule is CCn1c(SCC(=O)Nc2cc(C(F)(F)F)ccc2Cl)nnc1C1CCCC1. The van der Waals surface area contributed by atoms with E-state index in [0.717, 1.165) is 36.9 Å². The molecule has 1 aromatic carbocycles. The zero-order valence-corrected chi connectivity index (χ0v) is 16.8. The number of nitrogens with one attached hydrogen (secondary N) is 1. The molecule has 0 bridgehead atoms. The second kappa shape index (κ2) is 8.73. The van der Waals surface area contributed by atoms with Crippen molar-refractivity contribution in [2.75, 3.05) is 11.1 Å². The lowest BCUT2D eigenvalue weighted by atomic mass is 10.1. The molecule has 28 heavy (non-hydrogen) atoms. The number of halogens is 4. The van der Waals surface area contributed by atoms with E-state index in [2.05, 4.69) is 15.5 Å². The van der Waals surface area contributed by atoms with E-state index in [0.29, 0.717) is 17.6 Å². The zero-order chi connectivity index (χ0) is 20.3. The molecule has 0 atom stereocenters. The summed E-state index contributed by atoms with van der Waals surface area (Å²) < 4.78 is 40.5. The van der Waals surface area contributed by atoms with Crippen LogP contribution in [0, 0.1) is 0 Å². The van der Waals surface area contributed by atoms with Gasteiger partial charge in [-0.05, 0) is 38.0 Å². The monoisotopic (exact) mass is 432 g/mol. The number of anilines is 1. The molecule has 5 nitrogen and oxygen atoms in total. The normalized spacial score (nSPS) is 15.2. The molecule has 1 saturated carbocycles. The Morgan fingerprint density at radius 1 is 1.32 bits per heavy atom. The van der Waals surface area contributed by atoms with E-state index < -0.39 is 17.6 Å². The van der Waals surface area contributed by atoms with Gasteiger partial charge in [-0.15, -0.1) is 10.2 Å². The number of rotatable bonds is 6. The number of amides is 1. The number of carbonyl (C=O) groups excluding carboxylic acids is 1. The Balaban J connectivity index is 1.65. The molecule has 1 amide bonds. The molecule has 0 unspecified atom stereocenters. The molecular formula is C18H20ClF3N4OS. The lowest BCUT2D eigenvalue weighted by Crippen LogP contribution is -2.16. The fraction of sp³-hybridized carbons (Fsp3) is 0.500. The van der Waals surface area contributed by atoms with Crippen molar-refractivity contribution in [2.24, 2.45) is 0 Å². The van der Waals surface area contributed by atoms with Gasteiger partial charge in [0.2, 0.25) is 5.91 Å². The van der Waals surface area contributed by atoms with E-state index in [1.54, 1.807) is 0 Å². The summed E-state index contributed by atoms with van der Waals surface area (Å²) in [5.41, 5.74) is -0.933. The maximum Gasteiger partial charge on any atom is 0.416 e. The van der Waals surface area contributed by atoms with Crippen LogP contribution >= 0.6 is 23.4 Å². The van der Waals surface area contributed by atoms with Crippen molar-refractivity contribution in [3.8, 4) is 0 Å². The fourth-order valence-corrected chi connectivity index (χ4v) is 4.28. The van der Waals surface area contributed by atoms with Crippen molar-refractivity contribution in [1.29, 1.82) is 0 Å². The molecule has 1 aliphatic carbocycles. The summed E-state index contributed by atoms with van der Waals surface area (Å²) in [6.07, 6.45) is 0.0510. The van der Waals surface area contributed by atoms with Gasteiger partial charge >= 0.3 is 6.18 Å². The lowest BCUT2D eigenvalue weighted by molar-refractivity contribution is -0.137. The van der Waals surface area contributed by atoms with Crippen LogP contribution in [-0.2, 0) is 17.5 Å². The molecule has 3 rings (SSSR count). The third kappa shape index (κ3) is 4.81. The Hall–Kier alpha value is -1.74. The maximum absolute atomic E-state index is 12.8.